The van der Waals surface area contributed by atoms with Crippen molar-refractivity contribution in [2.24, 2.45) is 5.92 Å². The Kier molecular flexibility index (Phi) is 6.55. The van der Waals surface area contributed by atoms with Crippen LogP contribution >= 0.6 is 0 Å². The zero-order valence-corrected chi connectivity index (χ0v) is 20.0. The van der Waals surface area contributed by atoms with Crippen LogP contribution in [0.15, 0.2) is 48.7 Å². The number of ether oxygens (including phenoxy) is 1. The number of carbonyl (C=O) groups excluding carboxylic acids is 2. The van der Waals surface area contributed by atoms with Crippen molar-refractivity contribution in [2.75, 3.05) is 23.3 Å². The second-order valence-electron chi connectivity index (χ2n) is 10.00. The van der Waals surface area contributed by atoms with E-state index in [-0.39, 0.29) is 30.1 Å². The van der Waals surface area contributed by atoms with Gasteiger partial charge in [-0.25, -0.2) is 4.98 Å². The molecule has 3 heterocycles. The first-order valence-electron chi connectivity index (χ1n) is 12.5. The van der Waals surface area contributed by atoms with Gasteiger partial charge in [0.1, 0.15) is 11.9 Å². The molecule has 1 saturated carbocycles. The molecule has 1 aromatic heterocycles. The molecule has 3 fully saturated rings. The fourth-order valence-corrected chi connectivity index (χ4v) is 5.95. The largest absolute Gasteiger partial charge is 0.372 e. The Labute approximate surface area is 201 Å². The lowest BCUT2D eigenvalue weighted by Gasteiger charge is -2.36. The number of rotatable bonds is 4. The molecule has 2 saturated heterocycles. The number of benzene rings is 1. The summed E-state index contributed by atoms with van der Waals surface area (Å²) in [5.74, 6) is 1.11. The molecule has 0 radical (unpaired) electrons. The summed E-state index contributed by atoms with van der Waals surface area (Å²) in [7, 11) is 0. The number of nitrogens with zero attached hydrogens (tertiary/aromatic N) is 3. The second-order valence-corrected chi connectivity index (χ2v) is 10.00. The average Bonchev–Trinajstić information content (AvgIpc) is 3.24. The van der Waals surface area contributed by atoms with E-state index in [1.807, 2.05) is 47.4 Å². The van der Waals surface area contributed by atoms with Crippen LogP contribution in [0.3, 0.4) is 0 Å². The number of pyridine rings is 1. The third-order valence-corrected chi connectivity index (χ3v) is 7.40. The molecule has 1 aliphatic carbocycles. The van der Waals surface area contributed by atoms with Crippen LogP contribution in [0.4, 0.5) is 11.5 Å². The van der Waals surface area contributed by atoms with Gasteiger partial charge >= 0.3 is 0 Å². The smallest absolute Gasteiger partial charge is 0.254 e. The molecule has 0 spiro atoms. The van der Waals surface area contributed by atoms with Crippen molar-refractivity contribution in [1.82, 2.24) is 9.88 Å². The number of carbonyl (C=O) groups is 2. The summed E-state index contributed by atoms with van der Waals surface area (Å²) < 4.78 is 5.81. The van der Waals surface area contributed by atoms with Crippen LogP contribution in [0.2, 0.25) is 0 Å². The van der Waals surface area contributed by atoms with Crippen LogP contribution in [-0.4, -0.2) is 59.1 Å². The molecule has 5 unspecified atom stereocenters. The molecule has 3 aliphatic rings. The van der Waals surface area contributed by atoms with Crippen molar-refractivity contribution in [3.63, 3.8) is 0 Å². The summed E-state index contributed by atoms with van der Waals surface area (Å²) >= 11 is 0. The second kappa shape index (κ2) is 9.74. The van der Waals surface area contributed by atoms with E-state index >= 15 is 0 Å². The first-order chi connectivity index (χ1) is 16.5. The lowest BCUT2D eigenvalue weighted by molar-refractivity contribution is -0.120. The van der Waals surface area contributed by atoms with Gasteiger partial charge in [-0.05, 0) is 63.3 Å². The molecule has 180 valence electrons. The van der Waals surface area contributed by atoms with Gasteiger partial charge in [-0.1, -0.05) is 31.0 Å². The first-order valence-corrected chi connectivity index (χ1v) is 12.5. The Morgan fingerprint density at radius 2 is 1.74 bits per heavy atom. The Balaban J connectivity index is 1.31. The van der Waals surface area contributed by atoms with Gasteiger partial charge in [-0.2, -0.15) is 0 Å². The van der Waals surface area contributed by atoms with E-state index in [4.69, 9.17) is 4.74 Å². The molecular formula is C27H34N4O3. The molecule has 7 heteroatoms. The Morgan fingerprint density at radius 1 is 1.00 bits per heavy atom. The highest BCUT2D eigenvalue weighted by atomic mass is 16.5. The number of hydrogen-bond acceptors (Lipinski definition) is 5. The van der Waals surface area contributed by atoms with Gasteiger partial charge in [-0.15, -0.1) is 0 Å². The van der Waals surface area contributed by atoms with E-state index in [1.54, 1.807) is 6.20 Å². The molecule has 0 bridgehead atoms. The van der Waals surface area contributed by atoms with Gasteiger partial charge in [0.2, 0.25) is 5.91 Å². The third-order valence-electron chi connectivity index (χ3n) is 7.40. The molecule has 1 N–H and O–H groups in total. The van der Waals surface area contributed by atoms with Crippen LogP contribution in [0, 0.1) is 5.92 Å². The number of amides is 2. The molecule has 2 amide bonds. The summed E-state index contributed by atoms with van der Waals surface area (Å²) in [6, 6.07) is 12.9. The SMILES string of the molecule is CC1CN(c2ccc(NC(=O)C3CC4CCCCC4N3C(=O)c3ccccc3)cn2)CC(C)O1. The number of hydrogen-bond donors (Lipinski definition) is 1. The van der Waals surface area contributed by atoms with Crippen LogP contribution in [0.5, 0.6) is 0 Å². The summed E-state index contributed by atoms with van der Waals surface area (Å²) in [5.41, 5.74) is 1.30. The highest BCUT2D eigenvalue weighted by Gasteiger charge is 2.47. The topological polar surface area (TPSA) is 74.8 Å². The number of likely N-dealkylation sites (tertiary alicyclic amines) is 1. The Morgan fingerprint density at radius 3 is 2.44 bits per heavy atom. The van der Waals surface area contributed by atoms with E-state index in [2.05, 4.69) is 29.0 Å². The lowest BCUT2D eigenvalue weighted by Crippen LogP contribution is -2.47. The van der Waals surface area contributed by atoms with E-state index in [0.29, 0.717) is 17.2 Å². The average molecular weight is 463 g/mol. The highest BCUT2D eigenvalue weighted by molar-refractivity contribution is 6.01. The minimum absolute atomic E-state index is 0.0424. The maximum atomic E-state index is 13.5. The van der Waals surface area contributed by atoms with Crippen molar-refractivity contribution >= 4 is 23.3 Å². The molecule has 5 rings (SSSR count). The predicted molar refractivity (Wildman–Crippen MR) is 132 cm³/mol. The van der Waals surface area contributed by atoms with Crippen molar-refractivity contribution in [1.29, 1.82) is 0 Å². The predicted octanol–water partition coefficient (Wildman–Crippen LogP) is 4.11. The van der Waals surface area contributed by atoms with E-state index in [9.17, 15) is 9.59 Å². The Hall–Kier alpha value is -2.93. The minimum Gasteiger partial charge on any atom is -0.372 e. The summed E-state index contributed by atoms with van der Waals surface area (Å²) in [5, 5.41) is 3.04. The van der Waals surface area contributed by atoms with Gasteiger partial charge < -0.3 is 19.9 Å². The minimum atomic E-state index is -0.457. The third kappa shape index (κ3) is 4.67. The normalized spacial score (nSPS) is 28.9. The molecule has 34 heavy (non-hydrogen) atoms. The van der Waals surface area contributed by atoms with Crippen molar-refractivity contribution < 1.29 is 14.3 Å². The van der Waals surface area contributed by atoms with Crippen LogP contribution in [0.25, 0.3) is 0 Å². The van der Waals surface area contributed by atoms with Gasteiger partial charge in [-0.3, -0.25) is 9.59 Å². The Bertz CT molecular complexity index is 1000. The van der Waals surface area contributed by atoms with E-state index in [1.165, 1.54) is 6.42 Å². The quantitative estimate of drug-likeness (QED) is 0.740. The van der Waals surface area contributed by atoms with Gasteiger partial charge in [0.25, 0.3) is 5.91 Å². The summed E-state index contributed by atoms with van der Waals surface area (Å²) in [6.07, 6.45) is 7.09. The monoisotopic (exact) mass is 462 g/mol. The van der Waals surface area contributed by atoms with Crippen LogP contribution < -0.4 is 10.2 Å². The van der Waals surface area contributed by atoms with E-state index < -0.39 is 6.04 Å². The highest BCUT2D eigenvalue weighted by Crippen LogP contribution is 2.41. The number of aromatic nitrogens is 1. The van der Waals surface area contributed by atoms with Gasteiger partial charge in [0.15, 0.2) is 0 Å². The van der Waals surface area contributed by atoms with E-state index in [0.717, 1.165) is 44.6 Å². The number of nitrogens with one attached hydrogen (secondary N) is 1. The van der Waals surface area contributed by atoms with Crippen LogP contribution in [-0.2, 0) is 9.53 Å². The number of fused-ring (bicyclic) bond motifs is 1. The molecule has 5 atom stereocenters. The summed E-state index contributed by atoms with van der Waals surface area (Å²) in [4.78, 5) is 35.6. The molecule has 2 aromatic rings. The maximum Gasteiger partial charge on any atom is 0.254 e. The number of anilines is 2. The standard InChI is InChI=1S/C27H34N4O3/c1-18-16-30(17-19(2)34-18)25-13-12-22(15-28-25)29-26(32)24-14-21-10-6-7-11-23(21)31(24)27(33)20-8-4-3-5-9-20/h3-5,8-9,12-13,15,18-19,21,23-24H,6-7,10-11,14,16-17H2,1-2H3,(H,29,32). The van der Waals surface area contributed by atoms with Gasteiger partial charge in [0.05, 0.1) is 24.1 Å². The molecule has 7 nitrogen and oxygen atoms in total. The zero-order chi connectivity index (χ0) is 23.7. The lowest BCUT2D eigenvalue weighted by atomic mass is 9.84. The fraction of sp³-hybridized carbons (Fsp3) is 0.519. The maximum absolute atomic E-state index is 13.5. The van der Waals surface area contributed by atoms with Crippen LogP contribution in [0.1, 0.15) is 56.3 Å². The number of morpholine rings is 1. The fourth-order valence-electron chi connectivity index (χ4n) is 5.95. The molecule has 1 aromatic carbocycles. The first kappa shape index (κ1) is 22.8. The van der Waals surface area contributed by atoms with Gasteiger partial charge in [0, 0.05) is 24.7 Å². The molecular weight excluding hydrogens is 428 g/mol. The molecule has 2 aliphatic heterocycles. The summed E-state index contributed by atoms with van der Waals surface area (Å²) in [6.45, 7) is 5.73. The van der Waals surface area contributed by atoms with Crippen molar-refractivity contribution in [3.05, 3.63) is 54.2 Å². The zero-order valence-electron chi connectivity index (χ0n) is 20.0. The van der Waals surface area contributed by atoms with Crippen molar-refractivity contribution in [2.45, 2.75) is 70.2 Å². The van der Waals surface area contributed by atoms with Crippen molar-refractivity contribution in [3.8, 4) is 0 Å².